The molecule has 16 heavy (non-hydrogen) atoms. The van der Waals surface area contributed by atoms with Gasteiger partial charge in [0.25, 0.3) is 5.91 Å². The summed E-state index contributed by atoms with van der Waals surface area (Å²) in [6.45, 7) is 0. The summed E-state index contributed by atoms with van der Waals surface area (Å²) in [6.07, 6.45) is 2.88. The molecule has 6 heteroatoms. The predicted octanol–water partition coefficient (Wildman–Crippen LogP) is 1.82. The van der Waals surface area contributed by atoms with E-state index in [1.54, 1.807) is 24.3 Å². The number of carbonyl (C=O) groups excluding carboxylic acids is 1. The number of nitrogens with one attached hydrogen (secondary N) is 3. The van der Waals surface area contributed by atoms with Crippen molar-refractivity contribution in [3.05, 3.63) is 47.5 Å². The first-order valence-corrected chi connectivity index (χ1v) is 4.94. The first-order chi connectivity index (χ1) is 7.75. The van der Waals surface area contributed by atoms with Crippen LogP contribution in [0.15, 0.2) is 36.8 Å². The summed E-state index contributed by atoms with van der Waals surface area (Å²) >= 11 is 5.73. The van der Waals surface area contributed by atoms with Gasteiger partial charge < -0.3 is 4.98 Å². The predicted molar refractivity (Wildman–Crippen MR) is 61.1 cm³/mol. The molecule has 0 atom stereocenters. The molecule has 0 fully saturated rings. The summed E-state index contributed by atoms with van der Waals surface area (Å²) < 4.78 is 0. The minimum Gasteiger partial charge on any atom is -0.341 e. The Morgan fingerprint density at radius 3 is 2.69 bits per heavy atom. The molecule has 2 aromatic rings. The van der Waals surface area contributed by atoms with E-state index in [2.05, 4.69) is 20.8 Å². The van der Waals surface area contributed by atoms with Crippen LogP contribution in [-0.4, -0.2) is 15.9 Å². The molecule has 2 rings (SSSR count). The highest BCUT2D eigenvalue weighted by molar-refractivity contribution is 6.30. The van der Waals surface area contributed by atoms with Gasteiger partial charge in [0, 0.05) is 5.02 Å². The number of anilines is 1. The number of H-pyrrole nitrogens is 1. The van der Waals surface area contributed by atoms with Gasteiger partial charge in [-0.15, -0.1) is 0 Å². The van der Waals surface area contributed by atoms with Gasteiger partial charge in [0.05, 0.1) is 18.2 Å². The Balaban J connectivity index is 1.93. The molecular weight excluding hydrogens is 228 g/mol. The van der Waals surface area contributed by atoms with Crippen molar-refractivity contribution in [3.8, 4) is 0 Å². The lowest BCUT2D eigenvalue weighted by atomic mass is 10.3. The molecule has 5 nitrogen and oxygen atoms in total. The number of aromatic amines is 1. The van der Waals surface area contributed by atoms with Gasteiger partial charge in [-0.25, -0.2) is 4.98 Å². The average Bonchev–Trinajstić information content (AvgIpc) is 2.81. The molecule has 0 radical (unpaired) electrons. The Morgan fingerprint density at radius 2 is 2.06 bits per heavy atom. The van der Waals surface area contributed by atoms with Crippen molar-refractivity contribution in [2.75, 3.05) is 5.43 Å². The van der Waals surface area contributed by atoms with Gasteiger partial charge in [0.15, 0.2) is 0 Å². The first-order valence-electron chi connectivity index (χ1n) is 4.56. The van der Waals surface area contributed by atoms with Crippen molar-refractivity contribution in [2.45, 2.75) is 0 Å². The minimum absolute atomic E-state index is 0.285. The van der Waals surface area contributed by atoms with Crippen molar-refractivity contribution in [1.82, 2.24) is 15.4 Å². The van der Waals surface area contributed by atoms with Gasteiger partial charge in [-0.2, -0.15) is 0 Å². The number of nitrogens with zero attached hydrogens (tertiary/aromatic N) is 1. The van der Waals surface area contributed by atoms with Crippen LogP contribution in [-0.2, 0) is 0 Å². The quantitative estimate of drug-likeness (QED) is 0.712. The summed E-state index contributed by atoms with van der Waals surface area (Å²) in [7, 11) is 0. The summed E-state index contributed by atoms with van der Waals surface area (Å²) in [5.41, 5.74) is 6.41. The molecule has 0 spiro atoms. The van der Waals surface area contributed by atoms with Crippen LogP contribution >= 0.6 is 11.6 Å². The number of amides is 1. The third-order valence-electron chi connectivity index (χ3n) is 1.91. The Labute approximate surface area is 96.8 Å². The van der Waals surface area contributed by atoms with Gasteiger partial charge in [-0.1, -0.05) is 11.6 Å². The molecule has 1 amide bonds. The van der Waals surface area contributed by atoms with Crippen molar-refractivity contribution in [2.24, 2.45) is 0 Å². The van der Waals surface area contributed by atoms with E-state index in [4.69, 9.17) is 11.6 Å². The Kier molecular flexibility index (Phi) is 3.07. The van der Waals surface area contributed by atoms with E-state index in [1.165, 1.54) is 12.5 Å². The van der Waals surface area contributed by atoms with Crippen LogP contribution in [0, 0.1) is 0 Å². The maximum absolute atomic E-state index is 11.5. The van der Waals surface area contributed by atoms with Crippen LogP contribution in [0.1, 0.15) is 10.5 Å². The maximum atomic E-state index is 11.5. The highest BCUT2D eigenvalue weighted by Crippen LogP contribution is 2.12. The topological polar surface area (TPSA) is 69.8 Å². The van der Waals surface area contributed by atoms with E-state index in [9.17, 15) is 4.79 Å². The Hall–Kier alpha value is -2.01. The number of hydrogen-bond acceptors (Lipinski definition) is 3. The number of benzene rings is 1. The van der Waals surface area contributed by atoms with Crippen LogP contribution < -0.4 is 10.9 Å². The zero-order chi connectivity index (χ0) is 11.4. The number of hydrogen-bond donors (Lipinski definition) is 3. The number of rotatable bonds is 3. The number of imidazole rings is 1. The van der Waals surface area contributed by atoms with E-state index in [0.29, 0.717) is 10.7 Å². The fraction of sp³-hybridized carbons (Fsp3) is 0. The number of halogens is 1. The van der Waals surface area contributed by atoms with E-state index >= 15 is 0 Å². The molecule has 3 N–H and O–H groups in total. The van der Waals surface area contributed by atoms with Crippen LogP contribution in [0.25, 0.3) is 0 Å². The van der Waals surface area contributed by atoms with Gasteiger partial charge in [-0.3, -0.25) is 15.6 Å². The van der Waals surface area contributed by atoms with Crippen LogP contribution in [0.5, 0.6) is 0 Å². The third-order valence-corrected chi connectivity index (χ3v) is 2.16. The highest BCUT2D eigenvalue weighted by atomic mass is 35.5. The second kappa shape index (κ2) is 4.67. The molecule has 0 aliphatic rings. The Bertz CT molecular complexity index is 466. The van der Waals surface area contributed by atoms with Crippen molar-refractivity contribution in [3.63, 3.8) is 0 Å². The molecule has 0 aliphatic carbocycles. The molecule has 0 saturated carbocycles. The van der Waals surface area contributed by atoms with Gasteiger partial charge in [-0.05, 0) is 24.3 Å². The van der Waals surface area contributed by atoms with Gasteiger partial charge in [0.1, 0.15) is 5.69 Å². The molecule has 0 aliphatic heterocycles. The van der Waals surface area contributed by atoms with E-state index in [-0.39, 0.29) is 5.91 Å². The lowest BCUT2D eigenvalue weighted by molar-refractivity contribution is 0.0958. The zero-order valence-electron chi connectivity index (χ0n) is 8.20. The largest absolute Gasteiger partial charge is 0.341 e. The van der Waals surface area contributed by atoms with E-state index in [1.807, 2.05) is 0 Å². The van der Waals surface area contributed by atoms with Crippen molar-refractivity contribution < 1.29 is 4.79 Å². The third kappa shape index (κ3) is 2.52. The van der Waals surface area contributed by atoms with Crippen molar-refractivity contribution >= 4 is 23.2 Å². The second-order valence-corrected chi connectivity index (χ2v) is 3.49. The molecule has 1 aromatic heterocycles. The molecular formula is C10H9ClN4O. The SMILES string of the molecule is O=C(NNc1ccc(Cl)cc1)c1cnc[nH]1. The standard InChI is InChI=1S/C10H9ClN4O/c11-7-1-3-8(4-2-7)14-15-10(16)9-5-12-6-13-9/h1-6,14H,(H,12,13)(H,15,16). The zero-order valence-corrected chi connectivity index (χ0v) is 8.95. The lowest BCUT2D eigenvalue weighted by Crippen LogP contribution is -2.29. The fourth-order valence-corrected chi connectivity index (χ4v) is 1.24. The second-order valence-electron chi connectivity index (χ2n) is 3.05. The highest BCUT2D eigenvalue weighted by Gasteiger charge is 2.04. The maximum Gasteiger partial charge on any atom is 0.287 e. The molecule has 0 saturated heterocycles. The number of aromatic nitrogens is 2. The summed E-state index contributed by atoms with van der Waals surface area (Å²) in [5, 5.41) is 0.644. The molecule has 1 heterocycles. The molecule has 0 unspecified atom stereocenters. The Morgan fingerprint density at radius 1 is 1.31 bits per heavy atom. The summed E-state index contributed by atoms with van der Waals surface area (Å²) in [4.78, 5) is 17.9. The first kappa shape index (κ1) is 10.5. The monoisotopic (exact) mass is 236 g/mol. The van der Waals surface area contributed by atoms with Crippen LogP contribution in [0.4, 0.5) is 5.69 Å². The van der Waals surface area contributed by atoms with E-state index in [0.717, 1.165) is 5.69 Å². The van der Waals surface area contributed by atoms with Crippen LogP contribution in [0.2, 0.25) is 5.02 Å². The number of carbonyl (C=O) groups is 1. The van der Waals surface area contributed by atoms with E-state index < -0.39 is 0 Å². The minimum atomic E-state index is -0.285. The average molecular weight is 237 g/mol. The van der Waals surface area contributed by atoms with Gasteiger partial charge >= 0.3 is 0 Å². The van der Waals surface area contributed by atoms with Crippen molar-refractivity contribution in [1.29, 1.82) is 0 Å². The smallest absolute Gasteiger partial charge is 0.287 e. The molecule has 82 valence electrons. The normalized spacial score (nSPS) is 9.81. The summed E-state index contributed by atoms with van der Waals surface area (Å²) in [5.74, 6) is -0.285. The van der Waals surface area contributed by atoms with Crippen LogP contribution in [0.3, 0.4) is 0 Å². The number of hydrazine groups is 1. The molecule has 1 aromatic carbocycles. The lowest BCUT2D eigenvalue weighted by Gasteiger charge is -2.06. The van der Waals surface area contributed by atoms with Gasteiger partial charge in [0.2, 0.25) is 0 Å². The summed E-state index contributed by atoms with van der Waals surface area (Å²) in [6, 6.07) is 6.98. The molecule has 0 bridgehead atoms. The fourth-order valence-electron chi connectivity index (χ4n) is 1.11.